The molecule has 1 rings (SSSR count). The van der Waals surface area contributed by atoms with Crippen LogP contribution in [0.5, 0.6) is 5.75 Å². The second-order valence-corrected chi connectivity index (χ2v) is 4.60. The van der Waals surface area contributed by atoms with Gasteiger partial charge >= 0.3 is 0 Å². The van der Waals surface area contributed by atoms with Gasteiger partial charge in [-0.15, -0.1) is 0 Å². The zero-order valence-electron chi connectivity index (χ0n) is 10.7. The van der Waals surface area contributed by atoms with Crippen LogP contribution in [0.15, 0.2) is 24.3 Å². The third-order valence-electron chi connectivity index (χ3n) is 1.88. The molecule has 0 aromatic heterocycles. The van der Waals surface area contributed by atoms with Crippen LogP contribution in [0.1, 0.15) is 38.1 Å². The van der Waals surface area contributed by atoms with Gasteiger partial charge in [-0.1, -0.05) is 0 Å². The first-order valence-corrected chi connectivity index (χ1v) is 5.63. The van der Waals surface area contributed by atoms with Gasteiger partial charge in [0, 0.05) is 5.56 Å². The van der Waals surface area contributed by atoms with Gasteiger partial charge in [-0.3, -0.25) is 9.63 Å². The van der Waals surface area contributed by atoms with Gasteiger partial charge in [0.05, 0.1) is 12.2 Å². The Morgan fingerprint density at radius 3 is 2.29 bits per heavy atom. The number of amides is 1. The second-order valence-electron chi connectivity index (χ2n) is 4.60. The van der Waals surface area contributed by atoms with Crippen molar-refractivity contribution in [2.45, 2.75) is 33.3 Å². The molecule has 0 saturated carbocycles. The first-order valence-electron chi connectivity index (χ1n) is 5.63. The summed E-state index contributed by atoms with van der Waals surface area (Å²) in [6.07, 6.45) is 0. The fourth-order valence-electron chi connectivity index (χ4n) is 1.13. The number of hydroxylamine groups is 1. The van der Waals surface area contributed by atoms with Crippen LogP contribution in [0.25, 0.3) is 0 Å². The summed E-state index contributed by atoms with van der Waals surface area (Å²) in [4.78, 5) is 16.9. The summed E-state index contributed by atoms with van der Waals surface area (Å²) in [6.45, 7) is 8.12. The SMILES string of the molecule is CCOc1ccc(C(=O)NOC(C)(C)C)cc1. The lowest BCUT2D eigenvalue weighted by Gasteiger charge is -2.18. The van der Waals surface area contributed by atoms with Crippen molar-refractivity contribution < 1.29 is 14.4 Å². The summed E-state index contributed by atoms with van der Waals surface area (Å²) in [7, 11) is 0. The van der Waals surface area contributed by atoms with Gasteiger partial charge in [0.2, 0.25) is 0 Å². The lowest BCUT2D eigenvalue weighted by molar-refractivity contribution is -0.0589. The van der Waals surface area contributed by atoms with E-state index in [1.54, 1.807) is 24.3 Å². The van der Waals surface area contributed by atoms with Crippen molar-refractivity contribution in [3.63, 3.8) is 0 Å². The number of carbonyl (C=O) groups is 1. The molecule has 4 heteroatoms. The first kappa shape index (κ1) is 13.5. The standard InChI is InChI=1S/C13H19NO3/c1-5-16-11-8-6-10(7-9-11)12(15)14-17-13(2,3)4/h6-9H,5H2,1-4H3,(H,14,15). The molecule has 0 aliphatic heterocycles. The van der Waals surface area contributed by atoms with E-state index in [-0.39, 0.29) is 5.91 Å². The molecule has 0 heterocycles. The molecule has 94 valence electrons. The van der Waals surface area contributed by atoms with E-state index in [4.69, 9.17) is 9.57 Å². The minimum atomic E-state index is -0.402. The zero-order chi connectivity index (χ0) is 12.9. The zero-order valence-corrected chi connectivity index (χ0v) is 10.7. The Morgan fingerprint density at radius 1 is 1.24 bits per heavy atom. The van der Waals surface area contributed by atoms with Crippen LogP contribution in [0.2, 0.25) is 0 Å². The molecule has 0 saturated heterocycles. The predicted molar refractivity (Wildman–Crippen MR) is 65.9 cm³/mol. The maximum Gasteiger partial charge on any atom is 0.274 e. The van der Waals surface area contributed by atoms with E-state index in [1.807, 2.05) is 27.7 Å². The summed E-state index contributed by atoms with van der Waals surface area (Å²) < 4.78 is 5.29. The van der Waals surface area contributed by atoms with E-state index in [2.05, 4.69) is 5.48 Å². The Morgan fingerprint density at radius 2 is 1.82 bits per heavy atom. The highest BCUT2D eigenvalue weighted by Gasteiger charge is 2.13. The number of hydrogen-bond acceptors (Lipinski definition) is 3. The largest absolute Gasteiger partial charge is 0.494 e. The molecule has 0 radical (unpaired) electrons. The number of ether oxygens (including phenoxy) is 1. The van der Waals surface area contributed by atoms with Crippen molar-refractivity contribution in [3.05, 3.63) is 29.8 Å². The molecular formula is C13H19NO3. The van der Waals surface area contributed by atoms with E-state index in [0.29, 0.717) is 12.2 Å². The lowest BCUT2D eigenvalue weighted by Crippen LogP contribution is -2.33. The van der Waals surface area contributed by atoms with Crippen LogP contribution < -0.4 is 10.2 Å². The Balaban J connectivity index is 2.57. The summed E-state index contributed by atoms with van der Waals surface area (Å²) >= 11 is 0. The van der Waals surface area contributed by atoms with Gasteiger partial charge in [-0.25, -0.2) is 5.48 Å². The minimum Gasteiger partial charge on any atom is -0.494 e. The molecule has 17 heavy (non-hydrogen) atoms. The Kier molecular flexibility index (Phi) is 4.52. The molecule has 0 spiro atoms. The highest BCUT2D eigenvalue weighted by atomic mass is 16.7. The Hall–Kier alpha value is -1.55. The van der Waals surface area contributed by atoms with Crippen LogP contribution in [0.4, 0.5) is 0 Å². The molecule has 1 aromatic carbocycles. The van der Waals surface area contributed by atoms with Crippen LogP contribution in [-0.4, -0.2) is 18.1 Å². The van der Waals surface area contributed by atoms with Gasteiger partial charge in [0.25, 0.3) is 5.91 Å². The maximum atomic E-state index is 11.7. The van der Waals surface area contributed by atoms with Crippen molar-refractivity contribution in [3.8, 4) is 5.75 Å². The number of hydrogen-bond donors (Lipinski definition) is 1. The Labute approximate surface area is 102 Å². The molecule has 1 amide bonds. The average molecular weight is 237 g/mol. The average Bonchev–Trinajstić information content (AvgIpc) is 2.26. The van der Waals surface area contributed by atoms with Crippen molar-refractivity contribution in [1.29, 1.82) is 0 Å². The van der Waals surface area contributed by atoms with Gasteiger partial charge in [-0.05, 0) is 52.0 Å². The van der Waals surface area contributed by atoms with Gasteiger partial charge < -0.3 is 4.74 Å². The number of nitrogens with one attached hydrogen (secondary N) is 1. The highest BCUT2D eigenvalue weighted by Crippen LogP contribution is 2.12. The normalized spacial score (nSPS) is 11.1. The smallest absolute Gasteiger partial charge is 0.274 e. The van der Waals surface area contributed by atoms with E-state index < -0.39 is 5.60 Å². The molecule has 0 bridgehead atoms. The molecule has 0 atom stereocenters. The van der Waals surface area contributed by atoms with Crippen molar-refractivity contribution in [2.24, 2.45) is 0 Å². The van der Waals surface area contributed by atoms with Crippen molar-refractivity contribution >= 4 is 5.91 Å². The van der Waals surface area contributed by atoms with Crippen molar-refractivity contribution in [1.82, 2.24) is 5.48 Å². The third kappa shape index (κ3) is 4.87. The summed E-state index contributed by atoms with van der Waals surface area (Å²) in [5, 5.41) is 0. The van der Waals surface area contributed by atoms with Crippen LogP contribution in [-0.2, 0) is 4.84 Å². The van der Waals surface area contributed by atoms with Gasteiger partial charge in [-0.2, -0.15) is 0 Å². The molecule has 0 fully saturated rings. The molecule has 1 aromatic rings. The first-order chi connectivity index (χ1) is 7.92. The van der Waals surface area contributed by atoms with Gasteiger partial charge in [0.15, 0.2) is 0 Å². The van der Waals surface area contributed by atoms with E-state index in [0.717, 1.165) is 5.75 Å². The molecule has 4 nitrogen and oxygen atoms in total. The second kappa shape index (κ2) is 5.68. The lowest BCUT2D eigenvalue weighted by atomic mass is 10.2. The summed E-state index contributed by atoms with van der Waals surface area (Å²) in [5.74, 6) is 0.490. The molecule has 0 unspecified atom stereocenters. The Bertz CT molecular complexity index is 365. The number of rotatable bonds is 4. The molecular weight excluding hydrogens is 218 g/mol. The topological polar surface area (TPSA) is 47.6 Å². The van der Waals surface area contributed by atoms with Crippen LogP contribution in [0, 0.1) is 0 Å². The van der Waals surface area contributed by atoms with E-state index in [1.165, 1.54) is 0 Å². The fraction of sp³-hybridized carbons (Fsp3) is 0.462. The van der Waals surface area contributed by atoms with E-state index >= 15 is 0 Å². The van der Waals surface area contributed by atoms with Crippen molar-refractivity contribution in [2.75, 3.05) is 6.61 Å². The number of benzene rings is 1. The minimum absolute atomic E-state index is 0.261. The monoisotopic (exact) mass is 237 g/mol. The van der Waals surface area contributed by atoms with Crippen LogP contribution >= 0.6 is 0 Å². The third-order valence-corrected chi connectivity index (χ3v) is 1.88. The number of carbonyl (C=O) groups excluding carboxylic acids is 1. The van der Waals surface area contributed by atoms with Crippen LogP contribution in [0.3, 0.4) is 0 Å². The summed E-state index contributed by atoms with van der Waals surface area (Å²) in [6, 6.07) is 6.92. The quantitative estimate of drug-likeness (QED) is 0.819. The van der Waals surface area contributed by atoms with E-state index in [9.17, 15) is 4.79 Å². The summed E-state index contributed by atoms with van der Waals surface area (Å²) in [5.41, 5.74) is 2.55. The molecule has 0 aliphatic rings. The molecule has 1 N–H and O–H groups in total. The van der Waals surface area contributed by atoms with Gasteiger partial charge in [0.1, 0.15) is 5.75 Å². The maximum absolute atomic E-state index is 11.7. The fourth-order valence-corrected chi connectivity index (χ4v) is 1.13. The predicted octanol–water partition coefficient (Wildman–Crippen LogP) is 2.55. The molecule has 0 aliphatic carbocycles. The highest BCUT2D eigenvalue weighted by molar-refractivity contribution is 5.93.